The summed E-state index contributed by atoms with van der Waals surface area (Å²) >= 11 is 0. The number of carbonyl (C=O) groups excluding carboxylic acids is 1. The fourth-order valence-electron chi connectivity index (χ4n) is 2.69. The maximum Gasteiger partial charge on any atom is 0.292 e. The number of benzene rings is 2. The smallest absolute Gasteiger partial charge is 0.292 e. The zero-order chi connectivity index (χ0) is 20.6. The number of nitro groups is 1. The van der Waals surface area contributed by atoms with E-state index in [9.17, 15) is 19.7 Å². The molecule has 148 valence electrons. The number of carbonyl (C=O) groups is 1. The predicted molar refractivity (Wildman–Crippen MR) is 108 cm³/mol. The van der Waals surface area contributed by atoms with Gasteiger partial charge in [0.2, 0.25) is 0 Å². The Morgan fingerprint density at radius 3 is 2.48 bits per heavy atom. The van der Waals surface area contributed by atoms with Gasteiger partial charge < -0.3 is 10.6 Å². The molecule has 1 aromatic heterocycles. The van der Waals surface area contributed by atoms with Crippen molar-refractivity contribution >= 4 is 17.3 Å². The summed E-state index contributed by atoms with van der Waals surface area (Å²) in [5, 5.41) is 20.7. The Bertz CT molecular complexity index is 1070. The first-order chi connectivity index (χ1) is 14.0. The third-order valence-corrected chi connectivity index (χ3v) is 4.10. The van der Waals surface area contributed by atoms with Gasteiger partial charge in [0.15, 0.2) is 0 Å². The van der Waals surface area contributed by atoms with Crippen LogP contribution < -0.4 is 16.2 Å². The average molecular weight is 393 g/mol. The molecule has 0 radical (unpaired) electrons. The molecule has 9 heteroatoms. The Morgan fingerprint density at radius 2 is 1.72 bits per heavy atom. The van der Waals surface area contributed by atoms with Crippen molar-refractivity contribution < 1.29 is 9.72 Å². The summed E-state index contributed by atoms with van der Waals surface area (Å²) in [6.07, 6.45) is 0. The van der Waals surface area contributed by atoms with Gasteiger partial charge in [-0.15, -0.1) is 0 Å². The normalized spacial score (nSPS) is 10.3. The van der Waals surface area contributed by atoms with Crippen molar-refractivity contribution in [3.63, 3.8) is 0 Å². The van der Waals surface area contributed by atoms with Gasteiger partial charge in [-0.3, -0.25) is 19.7 Å². The lowest BCUT2D eigenvalue weighted by atomic mass is 10.2. The molecule has 3 aromatic rings. The first-order valence-electron chi connectivity index (χ1n) is 8.92. The number of aromatic nitrogens is 2. The molecule has 2 N–H and O–H groups in total. The molecule has 3 rings (SSSR count). The summed E-state index contributed by atoms with van der Waals surface area (Å²) in [5.74, 6) is -0.434. The summed E-state index contributed by atoms with van der Waals surface area (Å²) in [5.41, 5.74) is 1.05. The number of nitrogens with zero attached hydrogens (tertiary/aromatic N) is 3. The number of nitro benzene ring substituents is 1. The first-order valence-corrected chi connectivity index (χ1v) is 8.92. The third-order valence-electron chi connectivity index (χ3n) is 4.10. The molecule has 0 unspecified atom stereocenters. The fraction of sp³-hybridized carbons (Fsp3) is 0.150. The largest absolute Gasteiger partial charge is 0.378 e. The van der Waals surface area contributed by atoms with Gasteiger partial charge in [0.25, 0.3) is 17.2 Å². The van der Waals surface area contributed by atoms with E-state index in [1.807, 2.05) is 30.3 Å². The number of rotatable bonds is 8. The molecule has 0 saturated heterocycles. The minimum absolute atomic E-state index is 0.0338. The number of amides is 1. The summed E-state index contributed by atoms with van der Waals surface area (Å²) in [6, 6.07) is 18.3. The van der Waals surface area contributed by atoms with E-state index < -0.39 is 10.8 Å². The molecule has 29 heavy (non-hydrogen) atoms. The number of anilines is 1. The average Bonchev–Trinajstić information content (AvgIpc) is 2.73. The van der Waals surface area contributed by atoms with Crippen molar-refractivity contribution in [2.75, 3.05) is 18.4 Å². The minimum Gasteiger partial charge on any atom is -0.378 e. The van der Waals surface area contributed by atoms with Crippen LogP contribution in [0.15, 0.2) is 71.5 Å². The molecule has 0 atom stereocenters. The molecule has 9 nitrogen and oxygen atoms in total. The van der Waals surface area contributed by atoms with Crippen molar-refractivity contribution in [2.45, 2.75) is 6.54 Å². The van der Waals surface area contributed by atoms with E-state index in [2.05, 4.69) is 15.7 Å². The molecular weight excluding hydrogens is 374 g/mol. The number of hydrogen-bond donors (Lipinski definition) is 2. The molecule has 0 aliphatic carbocycles. The van der Waals surface area contributed by atoms with Gasteiger partial charge in [-0.2, -0.15) is 5.10 Å². The highest BCUT2D eigenvalue weighted by atomic mass is 16.6. The third kappa shape index (κ3) is 5.25. The molecule has 0 aliphatic rings. The van der Waals surface area contributed by atoms with Crippen molar-refractivity contribution in [1.82, 2.24) is 15.1 Å². The number of para-hydroxylation sites is 2. The van der Waals surface area contributed by atoms with Crippen LogP contribution in [0, 0.1) is 10.1 Å². The van der Waals surface area contributed by atoms with Gasteiger partial charge in [-0.1, -0.05) is 42.5 Å². The summed E-state index contributed by atoms with van der Waals surface area (Å²) < 4.78 is 1.23. The second kappa shape index (κ2) is 9.27. The molecule has 2 aromatic carbocycles. The van der Waals surface area contributed by atoms with Crippen molar-refractivity contribution in [3.05, 3.63) is 98.5 Å². The predicted octanol–water partition coefficient (Wildman–Crippen LogP) is 2.04. The van der Waals surface area contributed by atoms with Crippen molar-refractivity contribution in [3.8, 4) is 0 Å². The second-order valence-corrected chi connectivity index (χ2v) is 6.16. The van der Waals surface area contributed by atoms with Crippen LogP contribution in [0.25, 0.3) is 0 Å². The van der Waals surface area contributed by atoms with Crippen LogP contribution in [0.4, 0.5) is 11.4 Å². The Labute approximate surface area is 166 Å². The van der Waals surface area contributed by atoms with Crippen molar-refractivity contribution in [1.29, 1.82) is 0 Å². The van der Waals surface area contributed by atoms with E-state index in [-0.39, 0.29) is 30.0 Å². The molecule has 1 heterocycles. The van der Waals surface area contributed by atoms with Gasteiger partial charge in [0, 0.05) is 25.2 Å². The summed E-state index contributed by atoms with van der Waals surface area (Å²) in [7, 11) is 0. The Kier molecular flexibility index (Phi) is 6.31. The summed E-state index contributed by atoms with van der Waals surface area (Å²) in [6.45, 7) is 0.782. The second-order valence-electron chi connectivity index (χ2n) is 6.16. The van der Waals surface area contributed by atoms with Gasteiger partial charge >= 0.3 is 0 Å². The van der Waals surface area contributed by atoms with E-state index in [1.165, 1.54) is 22.9 Å². The van der Waals surface area contributed by atoms with Gasteiger partial charge in [0.1, 0.15) is 11.4 Å². The molecule has 0 aliphatic heterocycles. The standard InChI is InChI=1S/C20H19N5O4/c26-19-11-10-17(23-24(19)14-15-6-2-1-3-7-15)20(27)22-13-12-21-16-8-4-5-9-18(16)25(28)29/h1-11,21H,12-14H2,(H,22,27). The van der Waals surface area contributed by atoms with Crippen LogP contribution in [-0.4, -0.2) is 33.7 Å². The van der Waals surface area contributed by atoms with E-state index >= 15 is 0 Å². The van der Waals surface area contributed by atoms with E-state index in [4.69, 9.17) is 0 Å². The zero-order valence-corrected chi connectivity index (χ0v) is 15.4. The van der Waals surface area contributed by atoms with Crippen LogP contribution in [0.2, 0.25) is 0 Å². The molecule has 0 saturated carbocycles. The lowest BCUT2D eigenvalue weighted by Gasteiger charge is -2.09. The van der Waals surface area contributed by atoms with Crippen molar-refractivity contribution in [2.24, 2.45) is 0 Å². The number of hydrogen-bond acceptors (Lipinski definition) is 6. The van der Waals surface area contributed by atoms with Crippen LogP contribution in [0.5, 0.6) is 0 Å². The monoisotopic (exact) mass is 393 g/mol. The van der Waals surface area contributed by atoms with Gasteiger partial charge in [0.05, 0.1) is 11.5 Å². The fourth-order valence-corrected chi connectivity index (χ4v) is 2.69. The molecular formula is C20H19N5O4. The molecule has 0 bridgehead atoms. The van der Waals surface area contributed by atoms with E-state index in [0.29, 0.717) is 12.2 Å². The van der Waals surface area contributed by atoms with Crippen LogP contribution in [0.1, 0.15) is 16.1 Å². The quantitative estimate of drug-likeness (QED) is 0.343. The summed E-state index contributed by atoms with van der Waals surface area (Å²) in [4.78, 5) is 34.9. The molecule has 0 fully saturated rings. The lowest BCUT2D eigenvalue weighted by molar-refractivity contribution is -0.384. The van der Waals surface area contributed by atoms with Gasteiger partial charge in [-0.05, 0) is 17.7 Å². The Morgan fingerprint density at radius 1 is 1.00 bits per heavy atom. The van der Waals surface area contributed by atoms with Crippen LogP contribution >= 0.6 is 0 Å². The maximum atomic E-state index is 12.3. The highest BCUT2D eigenvalue weighted by Gasteiger charge is 2.12. The minimum atomic E-state index is -0.471. The highest BCUT2D eigenvalue weighted by molar-refractivity contribution is 5.92. The molecule has 0 spiro atoms. The highest BCUT2D eigenvalue weighted by Crippen LogP contribution is 2.22. The number of nitrogens with one attached hydrogen (secondary N) is 2. The zero-order valence-electron chi connectivity index (χ0n) is 15.4. The SMILES string of the molecule is O=C(NCCNc1ccccc1[N+](=O)[O-])c1ccc(=O)n(Cc2ccccc2)n1. The first kappa shape index (κ1) is 19.7. The van der Waals surface area contributed by atoms with Crippen LogP contribution in [-0.2, 0) is 6.54 Å². The lowest BCUT2D eigenvalue weighted by Crippen LogP contribution is -2.32. The molecule has 1 amide bonds. The Balaban J connectivity index is 1.58. The topological polar surface area (TPSA) is 119 Å². The van der Waals surface area contributed by atoms with Crippen LogP contribution in [0.3, 0.4) is 0 Å². The van der Waals surface area contributed by atoms with E-state index in [0.717, 1.165) is 5.56 Å². The van der Waals surface area contributed by atoms with Gasteiger partial charge in [-0.25, -0.2) is 4.68 Å². The van der Waals surface area contributed by atoms with E-state index in [1.54, 1.807) is 18.2 Å². The maximum absolute atomic E-state index is 12.3. The Hall–Kier alpha value is -4.01.